The third kappa shape index (κ3) is 7.59. The number of nitriles is 1. The molecule has 0 bridgehead atoms. The van der Waals surface area contributed by atoms with Crippen LogP contribution in [0.3, 0.4) is 0 Å². The number of benzene rings is 2. The van der Waals surface area contributed by atoms with Crippen LogP contribution in [0.15, 0.2) is 76.4 Å². The molecule has 0 unspecified atom stereocenters. The maximum Gasteiger partial charge on any atom is 0.344 e. The van der Waals surface area contributed by atoms with Crippen molar-refractivity contribution < 1.29 is 0 Å². The summed E-state index contributed by atoms with van der Waals surface area (Å²) in [5, 5.41) is 12.9. The fourth-order valence-corrected chi connectivity index (χ4v) is 2.25. The highest BCUT2D eigenvalue weighted by Crippen LogP contribution is 2.30. The zero-order chi connectivity index (χ0) is 22.3. The molecular weight excluding hydrogens is 364 g/mol. The van der Waals surface area contributed by atoms with E-state index in [9.17, 15) is 14.9 Å². The lowest BCUT2D eigenvalue weighted by Crippen LogP contribution is -2.29. The van der Waals surface area contributed by atoms with Gasteiger partial charge in [-0.3, -0.25) is 9.78 Å². The Morgan fingerprint density at radius 1 is 0.897 bits per heavy atom. The molecule has 0 radical (unpaired) electrons. The van der Waals surface area contributed by atoms with Crippen LogP contribution < -0.4 is 11.2 Å². The molecule has 0 spiro atoms. The fraction of sp³-hybridized carbons (Fsp3) is 0.304. The lowest BCUT2D eigenvalue weighted by Gasteiger charge is -2.22. The molecule has 3 aromatic rings. The smallest absolute Gasteiger partial charge is 0.271 e. The number of aromatic amines is 1. The molecule has 0 fully saturated rings. The monoisotopic (exact) mass is 394 g/mol. The lowest BCUT2D eigenvalue weighted by molar-refractivity contribution is 0.665. The van der Waals surface area contributed by atoms with E-state index in [0.717, 1.165) is 22.0 Å². The van der Waals surface area contributed by atoms with Gasteiger partial charge in [-0.2, -0.15) is 10.4 Å². The van der Waals surface area contributed by atoms with Crippen LogP contribution in [0.25, 0.3) is 0 Å². The van der Waals surface area contributed by atoms with E-state index in [4.69, 9.17) is 0 Å². The van der Waals surface area contributed by atoms with E-state index in [1.165, 1.54) is 7.05 Å². The molecule has 0 aliphatic rings. The van der Waals surface area contributed by atoms with Crippen LogP contribution in [0.1, 0.15) is 45.7 Å². The highest BCUT2D eigenvalue weighted by molar-refractivity contribution is 5.44. The zero-order valence-electron chi connectivity index (χ0n) is 18.0. The van der Waals surface area contributed by atoms with Crippen LogP contribution in [0, 0.1) is 11.3 Å². The number of nitrogens with zero attached hydrogens (tertiary/aromatic N) is 3. The Morgan fingerprint density at radius 2 is 1.31 bits per heavy atom. The molecular formula is C23H30N4O2. The summed E-state index contributed by atoms with van der Waals surface area (Å²) in [6.45, 7) is 9.96. The van der Waals surface area contributed by atoms with Crippen LogP contribution in [-0.2, 0) is 12.5 Å². The molecule has 0 amide bonds. The molecule has 0 saturated heterocycles. The molecule has 2 aromatic carbocycles. The average molecular weight is 395 g/mol. The van der Waals surface area contributed by atoms with Gasteiger partial charge in [-0.15, -0.1) is 0 Å². The van der Waals surface area contributed by atoms with Gasteiger partial charge in [0.1, 0.15) is 11.6 Å². The molecule has 3 rings (SSSR count). The highest BCUT2D eigenvalue weighted by Gasteiger charge is 2.28. The molecule has 0 atom stereocenters. The van der Waals surface area contributed by atoms with Crippen molar-refractivity contribution in [2.75, 3.05) is 0 Å². The lowest BCUT2D eigenvalue weighted by atomic mass is 9.78. The first-order valence-corrected chi connectivity index (χ1v) is 9.62. The Morgan fingerprint density at radius 3 is 1.62 bits per heavy atom. The Labute approximate surface area is 172 Å². The number of hydrogen-bond acceptors (Lipinski definition) is 4. The van der Waals surface area contributed by atoms with Crippen molar-refractivity contribution in [3.63, 3.8) is 0 Å². The second kappa shape index (κ2) is 13.7. The van der Waals surface area contributed by atoms with Crippen molar-refractivity contribution in [1.82, 2.24) is 14.8 Å². The zero-order valence-corrected chi connectivity index (χ0v) is 18.0. The molecule has 1 N–H and O–H groups in total. The standard InChI is InChI=1S/C15H13N.C4H5N3O2.2C2H6/c1-15(12-16,13-8-4-2-5-9-13)14-10-6-3-7-11-14;1-7-4(9)6-3(8)2-5-7;2*1-2/h2-11H,1H3;2H,1H3,(H,6,8,9);2*1-2H3. The van der Waals surface area contributed by atoms with E-state index < -0.39 is 16.7 Å². The summed E-state index contributed by atoms with van der Waals surface area (Å²) in [7, 11) is 1.46. The normalized spacial score (nSPS) is 9.28. The quantitative estimate of drug-likeness (QED) is 0.710. The van der Waals surface area contributed by atoms with Crippen LogP contribution >= 0.6 is 0 Å². The van der Waals surface area contributed by atoms with Gasteiger partial charge in [0.15, 0.2) is 0 Å². The van der Waals surface area contributed by atoms with Crippen LogP contribution in [0.2, 0.25) is 0 Å². The van der Waals surface area contributed by atoms with Crippen LogP contribution in [-0.4, -0.2) is 14.8 Å². The van der Waals surface area contributed by atoms with Gasteiger partial charge in [0.25, 0.3) is 5.56 Å². The number of aromatic nitrogens is 3. The summed E-state index contributed by atoms with van der Waals surface area (Å²) in [5.74, 6) is 0. The van der Waals surface area contributed by atoms with Crippen molar-refractivity contribution in [2.24, 2.45) is 7.05 Å². The van der Waals surface area contributed by atoms with Gasteiger partial charge in [0.2, 0.25) is 0 Å². The molecule has 29 heavy (non-hydrogen) atoms. The Bertz CT molecular complexity index is 932. The molecule has 6 nitrogen and oxygen atoms in total. The van der Waals surface area contributed by atoms with Crippen molar-refractivity contribution in [1.29, 1.82) is 5.26 Å². The molecule has 0 aliphatic heterocycles. The van der Waals surface area contributed by atoms with Gasteiger partial charge in [-0.25, -0.2) is 9.48 Å². The van der Waals surface area contributed by atoms with Gasteiger partial charge in [0.05, 0.1) is 6.07 Å². The average Bonchev–Trinajstić information content (AvgIpc) is 2.80. The van der Waals surface area contributed by atoms with Gasteiger partial charge in [-0.1, -0.05) is 88.4 Å². The number of nitrogens with one attached hydrogen (secondary N) is 1. The molecule has 1 heterocycles. The number of hydrogen-bond donors (Lipinski definition) is 1. The van der Waals surface area contributed by atoms with E-state index in [1.807, 2.05) is 100 Å². The molecule has 0 aliphatic carbocycles. The Kier molecular flexibility index (Phi) is 12.0. The number of H-pyrrole nitrogens is 1. The largest absolute Gasteiger partial charge is 0.344 e. The first-order chi connectivity index (χ1) is 14.0. The summed E-state index contributed by atoms with van der Waals surface area (Å²) in [5.41, 5.74) is 0.524. The topological polar surface area (TPSA) is 91.5 Å². The summed E-state index contributed by atoms with van der Waals surface area (Å²) in [6.07, 6.45) is 1.04. The van der Waals surface area contributed by atoms with E-state index in [-0.39, 0.29) is 0 Å². The summed E-state index contributed by atoms with van der Waals surface area (Å²) >= 11 is 0. The SMILES string of the molecule is CC.CC.CC(C#N)(c1ccccc1)c1ccccc1.Cn1ncc(=O)[nH]c1=O. The van der Waals surface area contributed by atoms with Gasteiger partial charge < -0.3 is 0 Å². The van der Waals surface area contributed by atoms with Gasteiger partial charge >= 0.3 is 5.69 Å². The fourth-order valence-electron chi connectivity index (χ4n) is 2.25. The predicted molar refractivity (Wildman–Crippen MR) is 118 cm³/mol. The third-order valence-electron chi connectivity index (χ3n) is 3.80. The third-order valence-corrected chi connectivity index (χ3v) is 3.80. The summed E-state index contributed by atoms with van der Waals surface area (Å²) < 4.78 is 1.04. The Hall–Kier alpha value is -3.46. The maximum absolute atomic E-state index is 10.5. The molecule has 154 valence electrons. The highest BCUT2D eigenvalue weighted by atomic mass is 16.2. The molecule has 6 heteroatoms. The minimum atomic E-state index is -0.567. The van der Waals surface area contributed by atoms with E-state index >= 15 is 0 Å². The first kappa shape index (κ1) is 25.5. The van der Waals surface area contributed by atoms with E-state index in [1.54, 1.807) is 0 Å². The minimum absolute atomic E-state index is 0.474. The van der Waals surface area contributed by atoms with Crippen molar-refractivity contribution in [3.8, 4) is 6.07 Å². The summed E-state index contributed by atoms with van der Waals surface area (Å²) in [6, 6.07) is 22.2. The van der Waals surface area contributed by atoms with E-state index in [0.29, 0.717) is 0 Å². The maximum atomic E-state index is 10.5. The van der Waals surface area contributed by atoms with Gasteiger partial charge in [-0.05, 0) is 18.1 Å². The van der Waals surface area contributed by atoms with Crippen LogP contribution in [0.4, 0.5) is 0 Å². The second-order valence-corrected chi connectivity index (χ2v) is 5.53. The second-order valence-electron chi connectivity index (χ2n) is 5.53. The van der Waals surface area contributed by atoms with Crippen molar-refractivity contribution in [3.05, 3.63) is 98.8 Å². The number of aryl methyl sites for hydroxylation is 1. The van der Waals surface area contributed by atoms with Crippen LogP contribution in [0.5, 0.6) is 0 Å². The summed E-state index contributed by atoms with van der Waals surface area (Å²) in [4.78, 5) is 22.8. The predicted octanol–water partition coefficient (Wildman–Crippen LogP) is 4.04. The molecule has 1 aromatic heterocycles. The van der Waals surface area contributed by atoms with E-state index in [2.05, 4.69) is 11.2 Å². The first-order valence-electron chi connectivity index (χ1n) is 9.62. The van der Waals surface area contributed by atoms with Crippen molar-refractivity contribution >= 4 is 0 Å². The van der Waals surface area contributed by atoms with Gasteiger partial charge in [0, 0.05) is 7.05 Å². The molecule has 0 saturated carbocycles. The minimum Gasteiger partial charge on any atom is -0.271 e. The van der Waals surface area contributed by atoms with Crippen molar-refractivity contribution in [2.45, 2.75) is 40.0 Å². The number of rotatable bonds is 2. The Balaban J connectivity index is 0.000000513.